The van der Waals surface area contributed by atoms with Gasteiger partial charge in [0.1, 0.15) is 12.1 Å². The lowest BCUT2D eigenvalue weighted by Gasteiger charge is -2.31. The van der Waals surface area contributed by atoms with E-state index in [4.69, 9.17) is 4.74 Å². The molecule has 0 unspecified atom stereocenters. The molecular weight excluding hydrogens is 288 g/mol. The van der Waals surface area contributed by atoms with Crippen molar-refractivity contribution in [1.82, 2.24) is 14.8 Å². The molecule has 0 saturated carbocycles. The third-order valence-corrected chi connectivity index (χ3v) is 4.31. The average Bonchev–Trinajstić information content (AvgIpc) is 3.10. The lowest BCUT2D eigenvalue weighted by molar-refractivity contribution is 0.406. The number of nitrogens with one attached hydrogen (secondary N) is 1. The van der Waals surface area contributed by atoms with Crippen LogP contribution in [0.1, 0.15) is 29.6 Å². The van der Waals surface area contributed by atoms with Gasteiger partial charge >= 0.3 is 0 Å². The minimum atomic E-state index is 0.133. The van der Waals surface area contributed by atoms with Gasteiger partial charge in [0.15, 0.2) is 0 Å². The van der Waals surface area contributed by atoms with E-state index in [1.807, 2.05) is 22.9 Å². The Morgan fingerprint density at radius 2 is 1.91 bits per heavy atom. The van der Waals surface area contributed by atoms with Gasteiger partial charge in [-0.3, -0.25) is 0 Å². The first kappa shape index (κ1) is 13.8. The van der Waals surface area contributed by atoms with Crippen LogP contribution in [0.5, 0.6) is 5.75 Å². The van der Waals surface area contributed by atoms with Gasteiger partial charge in [-0.05, 0) is 29.7 Å². The van der Waals surface area contributed by atoms with Crippen molar-refractivity contribution in [2.45, 2.75) is 18.5 Å². The zero-order chi connectivity index (χ0) is 15.6. The van der Waals surface area contributed by atoms with Crippen molar-refractivity contribution in [3.63, 3.8) is 0 Å². The molecule has 0 aliphatic carbocycles. The first-order chi connectivity index (χ1) is 11.3. The second kappa shape index (κ2) is 5.76. The second-order valence-corrected chi connectivity index (χ2v) is 5.66. The maximum Gasteiger partial charge on any atom is 0.222 e. The highest BCUT2D eigenvalue weighted by molar-refractivity contribution is 5.39. The zero-order valence-corrected chi connectivity index (χ0v) is 12.9. The minimum absolute atomic E-state index is 0.133. The molecule has 1 aromatic heterocycles. The van der Waals surface area contributed by atoms with Crippen molar-refractivity contribution in [3.05, 3.63) is 72.1 Å². The number of aromatic nitrogens is 3. The molecule has 0 radical (unpaired) electrons. The minimum Gasteiger partial charge on any atom is -0.497 e. The van der Waals surface area contributed by atoms with Gasteiger partial charge in [-0.2, -0.15) is 10.1 Å². The molecular formula is C18H18N4O. The molecule has 0 amide bonds. The number of rotatable bonds is 3. The van der Waals surface area contributed by atoms with Gasteiger partial charge in [0.05, 0.1) is 19.2 Å². The highest BCUT2D eigenvalue weighted by Crippen LogP contribution is 2.37. The summed E-state index contributed by atoms with van der Waals surface area (Å²) < 4.78 is 7.32. The van der Waals surface area contributed by atoms with Crippen LogP contribution in [-0.2, 0) is 0 Å². The van der Waals surface area contributed by atoms with Crippen LogP contribution in [0.3, 0.4) is 0 Å². The summed E-state index contributed by atoms with van der Waals surface area (Å²) >= 11 is 0. The lowest BCUT2D eigenvalue weighted by atomic mass is 9.93. The van der Waals surface area contributed by atoms with Crippen LogP contribution >= 0.6 is 0 Å². The van der Waals surface area contributed by atoms with Crippen LogP contribution in [0, 0.1) is 0 Å². The summed E-state index contributed by atoms with van der Waals surface area (Å²) in [5.41, 5.74) is 2.44. The van der Waals surface area contributed by atoms with Gasteiger partial charge in [0, 0.05) is 0 Å². The molecule has 1 aliphatic rings. The Balaban J connectivity index is 1.74. The molecule has 0 saturated heterocycles. The predicted octanol–water partition coefficient (Wildman–Crippen LogP) is 3.43. The summed E-state index contributed by atoms with van der Waals surface area (Å²) in [7, 11) is 1.69. The molecule has 0 spiro atoms. The number of fused-ring (bicyclic) bond motifs is 1. The highest BCUT2D eigenvalue weighted by atomic mass is 16.5. The Labute approximate surface area is 134 Å². The molecule has 1 aliphatic heterocycles. The lowest BCUT2D eigenvalue weighted by Crippen LogP contribution is -2.28. The monoisotopic (exact) mass is 306 g/mol. The molecule has 23 heavy (non-hydrogen) atoms. The van der Waals surface area contributed by atoms with Crippen molar-refractivity contribution in [2.24, 2.45) is 0 Å². The fraction of sp³-hybridized carbons (Fsp3) is 0.222. The number of anilines is 1. The Morgan fingerprint density at radius 3 is 2.74 bits per heavy atom. The molecule has 5 nitrogen and oxygen atoms in total. The quantitative estimate of drug-likeness (QED) is 0.805. The zero-order valence-electron chi connectivity index (χ0n) is 12.9. The summed E-state index contributed by atoms with van der Waals surface area (Å²) in [4.78, 5) is 4.36. The van der Waals surface area contributed by atoms with Gasteiger partial charge in [-0.15, -0.1) is 0 Å². The summed E-state index contributed by atoms with van der Waals surface area (Å²) in [6.07, 6.45) is 2.51. The van der Waals surface area contributed by atoms with E-state index in [1.54, 1.807) is 13.4 Å². The first-order valence-electron chi connectivity index (χ1n) is 7.70. The number of benzene rings is 2. The number of hydrogen-bond acceptors (Lipinski definition) is 4. The van der Waals surface area contributed by atoms with Crippen LogP contribution in [-0.4, -0.2) is 21.9 Å². The van der Waals surface area contributed by atoms with E-state index < -0.39 is 0 Å². The van der Waals surface area contributed by atoms with Gasteiger partial charge in [0.2, 0.25) is 5.95 Å². The van der Waals surface area contributed by atoms with Crippen molar-refractivity contribution in [1.29, 1.82) is 0 Å². The highest BCUT2D eigenvalue weighted by Gasteiger charge is 2.29. The smallest absolute Gasteiger partial charge is 0.222 e. The first-order valence-corrected chi connectivity index (χ1v) is 7.70. The Hall–Kier alpha value is -2.82. The largest absolute Gasteiger partial charge is 0.497 e. The molecule has 4 rings (SSSR count). The third kappa shape index (κ3) is 2.54. The van der Waals surface area contributed by atoms with E-state index in [0.717, 1.165) is 18.1 Å². The van der Waals surface area contributed by atoms with Gasteiger partial charge in [0.25, 0.3) is 0 Å². The summed E-state index contributed by atoms with van der Waals surface area (Å²) in [5.74, 6) is 1.66. The molecule has 3 aromatic rings. The number of methoxy groups -OCH3 is 1. The maximum absolute atomic E-state index is 5.37. The topological polar surface area (TPSA) is 52.0 Å². The second-order valence-electron chi connectivity index (χ2n) is 5.66. The molecule has 116 valence electrons. The number of nitrogens with zero attached hydrogens (tertiary/aromatic N) is 3. The Bertz CT molecular complexity index is 800. The molecule has 0 bridgehead atoms. The van der Waals surface area contributed by atoms with E-state index in [1.165, 1.54) is 11.1 Å². The van der Waals surface area contributed by atoms with Crippen LogP contribution in [0.2, 0.25) is 0 Å². The normalized spacial score (nSPS) is 19.7. The van der Waals surface area contributed by atoms with Crippen LogP contribution in [0.25, 0.3) is 0 Å². The SMILES string of the molecule is COc1cccc([C@@H]2C[C@@H](c3ccccc3)Nc3ncnn32)c1. The van der Waals surface area contributed by atoms with Crippen molar-refractivity contribution < 1.29 is 4.74 Å². The summed E-state index contributed by atoms with van der Waals surface area (Å²) in [5, 5.41) is 7.88. The van der Waals surface area contributed by atoms with Crippen LogP contribution in [0.15, 0.2) is 60.9 Å². The fourth-order valence-electron chi connectivity index (χ4n) is 3.15. The van der Waals surface area contributed by atoms with Gasteiger partial charge < -0.3 is 10.1 Å². The van der Waals surface area contributed by atoms with Crippen molar-refractivity contribution in [3.8, 4) is 5.75 Å². The average molecular weight is 306 g/mol. The van der Waals surface area contributed by atoms with Gasteiger partial charge in [-0.1, -0.05) is 42.5 Å². The molecule has 0 fully saturated rings. The van der Waals surface area contributed by atoms with E-state index in [9.17, 15) is 0 Å². The maximum atomic E-state index is 5.37. The molecule has 1 N–H and O–H groups in total. The van der Waals surface area contributed by atoms with Crippen molar-refractivity contribution in [2.75, 3.05) is 12.4 Å². The van der Waals surface area contributed by atoms with E-state index in [2.05, 4.69) is 51.8 Å². The van der Waals surface area contributed by atoms with Gasteiger partial charge in [-0.25, -0.2) is 4.68 Å². The predicted molar refractivity (Wildman–Crippen MR) is 88.6 cm³/mol. The molecule has 2 atom stereocenters. The van der Waals surface area contributed by atoms with E-state index in [0.29, 0.717) is 0 Å². The third-order valence-electron chi connectivity index (χ3n) is 4.31. The fourth-order valence-corrected chi connectivity index (χ4v) is 3.15. The number of ether oxygens (including phenoxy) is 1. The van der Waals surface area contributed by atoms with Crippen molar-refractivity contribution >= 4 is 5.95 Å². The number of hydrogen-bond donors (Lipinski definition) is 1. The molecule has 5 heteroatoms. The van der Waals surface area contributed by atoms with E-state index >= 15 is 0 Å². The van der Waals surface area contributed by atoms with Crippen LogP contribution < -0.4 is 10.1 Å². The van der Waals surface area contributed by atoms with Crippen LogP contribution in [0.4, 0.5) is 5.95 Å². The Morgan fingerprint density at radius 1 is 1.09 bits per heavy atom. The molecule has 2 aromatic carbocycles. The Kier molecular flexibility index (Phi) is 3.46. The standard InChI is InChI=1S/C18H18N4O/c1-23-15-9-5-8-14(10-15)17-11-16(13-6-3-2-4-7-13)21-18-19-12-20-22(17)18/h2-10,12,16-17H,11H2,1H3,(H,19,20,21)/t16-,17-/m0/s1. The summed E-state index contributed by atoms with van der Waals surface area (Å²) in [6, 6.07) is 19.0. The summed E-state index contributed by atoms with van der Waals surface area (Å²) in [6.45, 7) is 0. The van der Waals surface area contributed by atoms with E-state index in [-0.39, 0.29) is 12.1 Å². The molecule has 2 heterocycles.